The van der Waals surface area contributed by atoms with E-state index >= 15 is 0 Å². The minimum atomic E-state index is -0.550. The van der Waals surface area contributed by atoms with Gasteiger partial charge in [-0.05, 0) is 0 Å². The first-order valence-electron chi connectivity index (χ1n) is 6.52. The molecule has 0 radical (unpaired) electrons. The van der Waals surface area contributed by atoms with E-state index in [1.165, 1.54) is 18.2 Å². The molecule has 5 nitrogen and oxygen atoms in total. The molecular weight excluding hydrogens is 342 g/mol. The summed E-state index contributed by atoms with van der Waals surface area (Å²) in [7, 11) is 0. The van der Waals surface area contributed by atoms with E-state index < -0.39 is 11.7 Å². The summed E-state index contributed by atoms with van der Waals surface area (Å²) in [5.74, 6) is -0.336. The van der Waals surface area contributed by atoms with Crippen LogP contribution in [0.15, 0.2) is 23.0 Å². The molecule has 1 amide bonds. The molecule has 1 N–H and O–H groups in total. The fourth-order valence-corrected chi connectivity index (χ4v) is 3.90. The van der Waals surface area contributed by atoms with Gasteiger partial charge in [0.2, 0.25) is 0 Å². The predicted molar refractivity (Wildman–Crippen MR) is 79.3 cm³/mol. The molecular formula is C14H17FN2O3Se. The van der Waals surface area contributed by atoms with E-state index in [1.807, 2.05) is 0 Å². The van der Waals surface area contributed by atoms with Crippen LogP contribution in [0.2, 0.25) is 0 Å². The third-order valence-corrected chi connectivity index (χ3v) is 4.91. The summed E-state index contributed by atoms with van der Waals surface area (Å²) in [4.78, 5) is 23.6. The van der Waals surface area contributed by atoms with Crippen molar-refractivity contribution in [2.24, 2.45) is 0 Å². The van der Waals surface area contributed by atoms with Gasteiger partial charge in [0, 0.05) is 0 Å². The number of halogens is 1. The Morgan fingerprint density at radius 3 is 2.81 bits per heavy atom. The van der Waals surface area contributed by atoms with Crippen LogP contribution in [0.3, 0.4) is 0 Å². The van der Waals surface area contributed by atoms with Gasteiger partial charge in [-0.25, -0.2) is 0 Å². The molecule has 0 bridgehead atoms. The second kappa shape index (κ2) is 6.03. The van der Waals surface area contributed by atoms with Crippen LogP contribution in [0, 0.1) is 5.82 Å². The number of alkyl carbamates (subject to hydrolysis) is 1. The first-order chi connectivity index (χ1) is 9.76. The number of aromatic nitrogens is 1. The predicted octanol–water partition coefficient (Wildman–Crippen LogP) is 1.72. The molecule has 0 aliphatic rings. The summed E-state index contributed by atoms with van der Waals surface area (Å²) in [6.45, 7) is 6.04. The SMILES string of the molecule is CC(C)(C)OC(=O)NCCn1[se]c2cc(F)ccc2c1=O. The van der Waals surface area contributed by atoms with E-state index in [-0.39, 0.29) is 26.1 Å². The van der Waals surface area contributed by atoms with Crippen molar-refractivity contribution in [1.29, 1.82) is 0 Å². The molecule has 0 unspecified atom stereocenters. The Morgan fingerprint density at radius 1 is 1.43 bits per heavy atom. The molecule has 0 aliphatic heterocycles. The summed E-state index contributed by atoms with van der Waals surface area (Å²) in [6.07, 6.45) is -0.509. The molecule has 0 saturated heterocycles. The van der Waals surface area contributed by atoms with Crippen LogP contribution < -0.4 is 10.9 Å². The van der Waals surface area contributed by atoms with Gasteiger partial charge in [-0.1, -0.05) is 0 Å². The Kier molecular flexibility index (Phi) is 4.54. The fraction of sp³-hybridized carbons (Fsp3) is 0.429. The van der Waals surface area contributed by atoms with E-state index in [2.05, 4.69) is 5.32 Å². The molecule has 1 aromatic carbocycles. The van der Waals surface area contributed by atoms with Crippen molar-refractivity contribution in [1.82, 2.24) is 8.88 Å². The van der Waals surface area contributed by atoms with Crippen LogP contribution in [0.4, 0.5) is 9.18 Å². The van der Waals surface area contributed by atoms with Crippen molar-refractivity contribution in [3.8, 4) is 0 Å². The monoisotopic (exact) mass is 360 g/mol. The normalized spacial score (nSPS) is 11.6. The van der Waals surface area contributed by atoms with Crippen LogP contribution in [0.5, 0.6) is 0 Å². The van der Waals surface area contributed by atoms with Gasteiger partial charge in [0.15, 0.2) is 0 Å². The summed E-state index contributed by atoms with van der Waals surface area (Å²) in [6, 6.07) is 4.19. The number of carbonyl (C=O) groups is 1. The van der Waals surface area contributed by atoms with Crippen LogP contribution in [-0.2, 0) is 11.3 Å². The van der Waals surface area contributed by atoms with Crippen molar-refractivity contribution in [2.45, 2.75) is 32.9 Å². The van der Waals surface area contributed by atoms with Crippen molar-refractivity contribution in [3.05, 3.63) is 34.4 Å². The zero-order chi connectivity index (χ0) is 15.6. The van der Waals surface area contributed by atoms with Crippen molar-refractivity contribution < 1.29 is 13.9 Å². The molecule has 0 saturated carbocycles. The van der Waals surface area contributed by atoms with Gasteiger partial charge in [0.05, 0.1) is 0 Å². The topological polar surface area (TPSA) is 60.3 Å². The Morgan fingerprint density at radius 2 is 2.14 bits per heavy atom. The van der Waals surface area contributed by atoms with E-state index in [9.17, 15) is 14.0 Å². The molecule has 0 fully saturated rings. The maximum atomic E-state index is 13.1. The van der Waals surface area contributed by atoms with Crippen LogP contribution >= 0.6 is 0 Å². The van der Waals surface area contributed by atoms with E-state index in [0.29, 0.717) is 18.5 Å². The van der Waals surface area contributed by atoms with Crippen LogP contribution in [-0.4, -0.2) is 36.5 Å². The van der Waals surface area contributed by atoms with E-state index in [1.54, 1.807) is 24.3 Å². The number of amides is 1. The Bertz CT molecular complexity index is 715. The van der Waals surface area contributed by atoms with Gasteiger partial charge >= 0.3 is 127 Å². The number of rotatable bonds is 3. The number of ether oxygens (including phenoxy) is 1. The van der Waals surface area contributed by atoms with Gasteiger partial charge in [-0.3, -0.25) is 0 Å². The number of nitrogens with zero attached hydrogens (tertiary/aromatic N) is 1. The Balaban J connectivity index is 2.00. The average molecular weight is 359 g/mol. The van der Waals surface area contributed by atoms with Gasteiger partial charge in [-0.2, -0.15) is 0 Å². The van der Waals surface area contributed by atoms with Gasteiger partial charge < -0.3 is 0 Å². The van der Waals surface area contributed by atoms with Gasteiger partial charge in [0.25, 0.3) is 0 Å². The van der Waals surface area contributed by atoms with Crippen molar-refractivity contribution in [2.75, 3.05) is 6.54 Å². The number of nitrogens with one attached hydrogen (secondary N) is 1. The molecule has 0 aliphatic carbocycles. The second-order valence-electron chi connectivity index (χ2n) is 5.57. The number of carbonyl (C=O) groups excluding carboxylic acids is 1. The standard InChI is InChI=1S/C14H17FN2O3Se/c1-14(2,3)20-13(19)16-6-7-17-12(18)10-5-4-9(15)8-11(10)21-17/h4-5,8H,6-7H2,1-3H3,(H,16,19). The Hall–Kier alpha value is -1.59. The number of benzene rings is 1. The van der Waals surface area contributed by atoms with E-state index in [0.717, 1.165) is 4.26 Å². The quantitative estimate of drug-likeness (QED) is 0.849. The van der Waals surface area contributed by atoms with Gasteiger partial charge in [0.1, 0.15) is 0 Å². The van der Waals surface area contributed by atoms with Crippen molar-refractivity contribution in [3.63, 3.8) is 0 Å². The molecule has 1 aromatic heterocycles. The maximum absolute atomic E-state index is 13.1. The summed E-state index contributed by atoms with van der Waals surface area (Å²) in [5.41, 5.74) is -0.665. The zero-order valence-corrected chi connectivity index (χ0v) is 13.8. The molecule has 7 heteroatoms. The van der Waals surface area contributed by atoms with Crippen molar-refractivity contribution >= 4 is 30.5 Å². The number of fused-ring (bicyclic) bond motifs is 1. The van der Waals surface area contributed by atoms with Gasteiger partial charge in [-0.15, -0.1) is 0 Å². The first kappa shape index (κ1) is 15.8. The molecule has 21 heavy (non-hydrogen) atoms. The molecule has 2 aromatic rings. The second-order valence-corrected chi connectivity index (χ2v) is 7.80. The fourth-order valence-electron chi connectivity index (χ4n) is 1.76. The summed E-state index contributed by atoms with van der Waals surface area (Å²) >= 11 is -0.246. The zero-order valence-electron chi connectivity index (χ0n) is 12.1. The molecule has 0 atom stereocenters. The molecule has 114 valence electrons. The van der Waals surface area contributed by atoms with Crippen LogP contribution in [0.1, 0.15) is 20.8 Å². The third kappa shape index (κ3) is 4.19. The molecule has 0 spiro atoms. The molecule has 2 rings (SSSR count). The summed E-state index contributed by atoms with van der Waals surface area (Å²) < 4.78 is 20.6. The molecule has 1 heterocycles. The van der Waals surface area contributed by atoms with E-state index in [4.69, 9.17) is 4.74 Å². The first-order valence-corrected chi connectivity index (χ1v) is 8.15. The Labute approximate surface area is 127 Å². The third-order valence-electron chi connectivity index (χ3n) is 2.59. The van der Waals surface area contributed by atoms with Crippen LogP contribution in [0.25, 0.3) is 9.65 Å². The minimum absolute atomic E-state index is 0.115. The number of hydrogen-bond donors (Lipinski definition) is 1. The summed E-state index contributed by atoms with van der Waals surface area (Å²) in [5, 5.41) is 3.16. The average Bonchev–Trinajstić information content (AvgIpc) is 2.63. The number of hydrogen-bond acceptors (Lipinski definition) is 3.